The van der Waals surface area contributed by atoms with E-state index in [0.717, 1.165) is 29.0 Å². The van der Waals surface area contributed by atoms with Gasteiger partial charge in [-0.3, -0.25) is 9.59 Å². The molecule has 0 unspecified atom stereocenters. The largest absolute Gasteiger partial charge is 0.497 e. The highest BCUT2D eigenvalue weighted by atomic mass is 16.5. The molecule has 1 aliphatic rings. The van der Waals surface area contributed by atoms with Gasteiger partial charge in [0.2, 0.25) is 0 Å². The van der Waals surface area contributed by atoms with E-state index in [0.29, 0.717) is 11.6 Å². The molecule has 4 rings (SSSR count). The van der Waals surface area contributed by atoms with Gasteiger partial charge in [-0.15, -0.1) is 0 Å². The van der Waals surface area contributed by atoms with Gasteiger partial charge in [0, 0.05) is 24.8 Å². The summed E-state index contributed by atoms with van der Waals surface area (Å²) in [5, 5.41) is 12.6. The zero-order valence-electron chi connectivity index (χ0n) is 19.4. The van der Waals surface area contributed by atoms with Crippen molar-refractivity contribution in [3.8, 4) is 11.5 Å². The molecule has 3 aromatic rings. The fourth-order valence-corrected chi connectivity index (χ4v) is 4.00. The van der Waals surface area contributed by atoms with Crippen molar-refractivity contribution < 1.29 is 24.2 Å². The van der Waals surface area contributed by atoms with Crippen LogP contribution in [0.5, 0.6) is 11.5 Å². The van der Waals surface area contributed by atoms with Crippen molar-refractivity contribution in [2.24, 2.45) is 0 Å². The predicted molar refractivity (Wildman–Crippen MR) is 128 cm³/mol. The fraction of sp³-hybridized carbons (Fsp3) is 0.269. The average molecular weight is 462 g/mol. The molecule has 0 saturated heterocycles. The number of fused-ring (bicyclic) bond motifs is 1. The number of hydrogen-bond donors (Lipinski definition) is 2. The van der Waals surface area contributed by atoms with Crippen molar-refractivity contribution in [3.05, 3.63) is 77.5 Å². The Labute approximate surface area is 198 Å². The summed E-state index contributed by atoms with van der Waals surface area (Å²) in [7, 11) is 1.59. The molecule has 2 N–H and O–H groups in total. The van der Waals surface area contributed by atoms with Crippen LogP contribution in [0.15, 0.2) is 60.8 Å². The highest BCUT2D eigenvalue weighted by Gasteiger charge is 2.30. The summed E-state index contributed by atoms with van der Waals surface area (Å²) in [6.45, 7) is 3.75. The molecule has 1 amide bonds. The Morgan fingerprint density at radius 1 is 1.18 bits per heavy atom. The number of carboxylic acids is 1. The Kier molecular flexibility index (Phi) is 6.40. The first-order valence-corrected chi connectivity index (χ1v) is 10.9. The van der Waals surface area contributed by atoms with E-state index in [2.05, 4.69) is 10.3 Å². The van der Waals surface area contributed by atoms with Crippen LogP contribution in [0.4, 0.5) is 11.5 Å². The summed E-state index contributed by atoms with van der Waals surface area (Å²) in [6, 6.07) is 16.2. The first-order valence-electron chi connectivity index (χ1n) is 10.9. The van der Waals surface area contributed by atoms with Gasteiger partial charge in [-0.1, -0.05) is 12.1 Å². The van der Waals surface area contributed by atoms with Gasteiger partial charge < -0.3 is 24.8 Å². The zero-order valence-corrected chi connectivity index (χ0v) is 19.4. The van der Waals surface area contributed by atoms with Crippen LogP contribution in [0, 0.1) is 0 Å². The SMILES string of the molecule is COc1ccc(Nc2ncccc2C(=O)N(CC(=O)O)Cc2ccc3c(c2)CC(C)(C)O3)cc1. The summed E-state index contributed by atoms with van der Waals surface area (Å²) in [5.74, 6) is 0.356. The third-order valence-electron chi connectivity index (χ3n) is 5.50. The molecule has 0 aliphatic carbocycles. The summed E-state index contributed by atoms with van der Waals surface area (Å²) < 4.78 is 11.1. The Bertz CT molecular complexity index is 1210. The number of carbonyl (C=O) groups is 2. The molecule has 34 heavy (non-hydrogen) atoms. The molecule has 0 spiro atoms. The molecule has 2 aromatic carbocycles. The van der Waals surface area contributed by atoms with E-state index < -0.39 is 18.4 Å². The van der Waals surface area contributed by atoms with Crippen molar-refractivity contribution in [2.75, 3.05) is 19.0 Å². The number of aliphatic carboxylic acids is 1. The van der Waals surface area contributed by atoms with Gasteiger partial charge in [-0.2, -0.15) is 0 Å². The van der Waals surface area contributed by atoms with E-state index in [1.807, 2.05) is 44.2 Å². The molecule has 2 heterocycles. The number of benzene rings is 2. The minimum absolute atomic E-state index is 0.149. The standard InChI is InChI=1S/C26H27N3O5/c1-26(2)14-18-13-17(6-11-22(18)34-26)15-29(16-23(30)31)25(32)21-5-4-12-27-24(21)28-19-7-9-20(33-3)10-8-19/h4-13H,14-16H2,1-3H3,(H,27,28)(H,30,31). The molecule has 0 radical (unpaired) electrons. The summed E-state index contributed by atoms with van der Waals surface area (Å²) >= 11 is 0. The quantitative estimate of drug-likeness (QED) is 0.516. The van der Waals surface area contributed by atoms with E-state index in [1.54, 1.807) is 37.6 Å². The lowest BCUT2D eigenvalue weighted by Gasteiger charge is -2.22. The summed E-state index contributed by atoms with van der Waals surface area (Å²) in [6.07, 6.45) is 2.33. The Morgan fingerprint density at radius 2 is 1.94 bits per heavy atom. The second-order valence-electron chi connectivity index (χ2n) is 8.79. The van der Waals surface area contributed by atoms with Crippen LogP contribution in [-0.4, -0.2) is 46.1 Å². The molecule has 8 nitrogen and oxygen atoms in total. The number of hydrogen-bond acceptors (Lipinski definition) is 6. The number of aromatic nitrogens is 1. The van der Waals surface area contributed by atoms with Gasteiger partial charge in [0.15, 0.2) is 0 Å². The van der Waals surface area contributed by atoms with Crippen molar-refractivity contribution in [1.29, 1.82) is 0 Å². The third-order valence-corrected chi connectivity index (χ3v) is 5.50. The average Bonchev–Trinajstić information content (AvgIpc) is 3.12. The number of ether oxygens (including phenoxy) is 2. The zero-order chi connectivity index (χ0) is 24.3. The molecular formula is C26H27N3O5. The normalized spacial score (nSPS) is 13.5. The lowest BCUT2D eigenvalue weighted by molar-refractivity contribution is -0.137. The van der Waals surface area contributed by atoms with Crippen molar-refractivity contribution in [1.82, 2.24) is 9.88 Å². The number of nitrogens with one attached hydrogen (secondary N) is 1. The number of anilines is 2. The molecule has 0 fully saturated rings. The predicted octanol–water partition coefficient (Wildman–Crippen LogP) is 4.27. The topological polar surface area (TPSA) is 101 Å². The van der Waals surface area contributed by atoms with Gasteiger partial charge in [0.05, 0.1) is 12.7 Å². The highest BCUT2D eigenvalue weighted by molar-refractivity contribution is 6.00. The molecule has 1 aromatic heterocycles. The maximum atomic E-state index is 13.5. The number of amides is 1. The first-order chi connectivity index (χ1) is 16.2. The van der Waals surface area contributed by atoms with Crippen LogP contribution in [0.25, 0.3) is 0 Å². The molecule has 1 aliphatic heterocycles. The molecule has 0 saturated carbocycles. The minimum Gasteiger partial charge on any atom is -0.497 e. The smallest absolute Gasteiger partial charge is 0.323 e. The van der Waals surface area contributed by atoms with Crippen LogP contribution >= 0.6 is 0 Å². The Hall–Kier alpha value is -4.07. The lowest BCUT2D eigenvalue weighted by Crippen LogP contribution is -2.35. The molecule has 176 valence electrons. The maximum absolute atomic E-state index is 13.5. The van der Waals surface area contributed by atoms with Gasteiger partial charge >= 0.3 is 5.97 Å². The number of methoxy groups -OCH3 is 1. The minimum atomic E-state index is -1.09. The highest BCUT2D eigenvalue weighted by Crippen LogP contribution is 2.35. The molecular weight excluding hydrogens is 434 g/mol. The van der Waals surface area contributed by atoms with Crippen molar-refractivity contribution in [3.63, 3.8) is 0 Å². The second-order valence-corrected chi connectivity index (χ2v) is 8.79. The summed E-state index contributed by atoms with van der Waals surface area (Å²) in [5.41, 5.74) is 2.61. The van der Waals surface area contributed by atoms with Gasteiger partial charge in [-0.25, -0.2) is 4.98 Å². The van der Waals surface area contributed by atoms with E-state index in [-0.39, 0.29) is 17.7 Å². The van der Waals surface area contributed by atoms with Crippen LogP contribution in [0.2, 0.25) is 0 Å². The monoisotopic (exact) mass is 461 g/mol. The van der Waals surface area contributed by atoms with Crippen LogP contribution in [-0.2, 0) is 17.8 Å². The number of carboxylic acid groups (broad SMARTS) is 1. The van der Waals surface area contributed by atoms with Gasteiger partial charge in [0.1, 0.15) is 29.5 Å². The van der Waals surface area contributed by atoms with Crippen molar-refractivity contribution >= 4 is 23.4 Å². The van der Waals surface area contributed by atoms with Crippen LogP contribution in [0.3, 0.4) is 0 Å². The van der Waals surface area contributed by atoms with E-state index in [4.69, 9.17) is 9.47 Å². The van der Waals surface area contributed by atoms with Crippen LogP contribution in [0.1, 0.15) is 35.3 Å². The second kappa shape index (κ2) is 9.43. The van der Waals surface area contributed by atoms with Gasteiger partial charge in [0.25, 0.3) is 5.91 Å². The Morgan fingerprint density at radius 3 is 2.65 bits per heavy atom. The third kappa shape index (κ3) is 5.28. The molecule has 8 heteroatoms. The summed E-state index contributed by atoms with van der Waals surface area (Å²) in [4.78, 5) is 30.7. The lowest BCUT2D eigenvalue weighted by atomic mass is 10.00. The van der Waals surface area contributed by atoms with E-state index in [1.165, 1.54) is 4.90 Å². The van der Waals surface area contributed by atoms with Crippen LogP contribution < -0.4 is 14.8 Å². The number of rotatable bonds is 8. The first kappa shape index (κ1) is 23.1. The van der Waals surface area contributed by atoms with Gasteiger partial charge in [-0.05, 0) is 67.4 Å². The number of nitrogens with zero attached hydrogens (tertiary/aromatic N) is 2. The number of pyridine rings is 1. The van der Waals surface area contributed by atoms with Crippen molar-refractivity contribution in [2.45, 2.75) is 32.4 Å². The van der Waals surface area contributed by atoms with E-state index >= 15 is 0 Å². The maximum Gasteiger partial charge on any atom is 0.323 e. The fourth-order valence-electron chi connectivity index (χ4n) is 4.00. The van der Waals surface area contributed by atoms with E-state index in [9.17, 15) is 14.7 Å². The number of carbonyl (C=O) groups excluding carboxylic acids is 1. The molecule has 0 bridgehead atoms. The Balaban J connectivity index is 1.58. The molecule has 0 atom stereocenters.